The van der Waals surface area contributed by atoms with Crippen LogP contribution < -0.4 is 0 Å². The fraction of sp³-hybridized carbons (Fsp3) is 0. The van der Waals surface area contributed by atoms with Gasteiger partial charge in [-0.05, 0) is 55.3 Å². The van der Waals surface area contributed by atoms with Crippen molar-refractivity contribution in [3.8, 4) is 33.4 Å². The molecule has 43 heavy (non-hydrogen) atoms. The molecule has 0 spiro atoms. The fourth-order valence-electron chi connectivity index (χ4n) is 6.77. The zero-order valence-corrected chi connectivity index (χ0v) is 23.2. The third-order valence-electron chi connectivity index (χ3n) is 8.64. The van der Waals surface area contributed by atoms with Crippen molar-refractivity contribution in [3.05, 3.63) is 158 Å². The van der Waals surface area contributed by atoms with Gasteiger partial charge in [-0.1, -0.05) is 152 Å². The highest BCUT2D eigenvalue weighted by molar-refractivity contribution is 6.25. The molecule has 9 aromatic rings. The van der Waals surface area contributed by atoms with E-state index in [-0.39, 0.29) is 18.1 Å². The summed E-state index contributed by atoms with van der Waals surface area (Å²) in [5, 5.41) is 7.38. The fourth-order valence-corrected chi connectivity index (χ4v) is 6.77. The van der Waals surface area contributed by atoms with E-state index in [2.05, 4.69) is 84.9 Å². The predicted molar refractivity (Wildman–Crippen MR) is 183 cm³/mol. The molecule has 0 radical (unpaired) electrons. The van der Waals surface area contributed by atoms with Crippen LogP contribution in [0.5, 0.6) is 0 Å². The maximum Gasteiger partial charge on any atom is 0.143 e. The van der Waals surface area contributed by atoms with Gasteiger partial charge in [0.25, 0.3) is 0 Å². The van der Waals surface area contributed by atoms with Crippen molar-refractivity contribution in [2.75, 3.05) is 0 Å². The number of hydrogen-bond acceptors (Lipinski definition) is 1. The lowest BCUT2D eigenvalue weighted by Gasteiger charge is -2.19. The molecule has 0 aliphatic rings. The van der Waals surface area contributed by atoms with E-state index in [4.69, 9.17) is 7.16 Å². The minimum absolute atomic E-state index is 0.00592. The summed E-state index contributed by atoms with van der Waals surface area (Å²) in [4.78, 5) is 0. The zero-order chi connectivity index (χ0) is 30.9. The Bertz CT molecular complexity index is 2610. The van der Waals surface area contributed by atoms with Crippen molar-refractivity contribution in [1.29, 1.82) is 0 Å². The lowest BCUT2D eigenvalue weighted by molar-refractivity contribution is 0.674. The third-order valence-corrected chi connectivity index (χ3v) is 8.64. The van der Waals surface area contributed by atoms with Crippen LogP contribution in [0.2, 0.25) is 0 Å². The second-order valence-corrected chi connectivity index (χ2v) is 11.0. The molecule has 0 unspecified atom stereocenters. The summed E-state index contributed by atoms with van der Waals surface area (Å²) in [6, 6.07) is 47.6. The SMILES string of the molecule is [2H]c1c([2H])c([2H])c2c(oc3c4ccccc4ccc32)c1-c1c2ccccc2c(-c2ccccc2-c2ccccc2)c2ccccc12. The summed E-state index contributed by atoms with van der Waals surface area (Å²) >= 11 is 0. The van der Waals surface area contributed by atoms with Gasteiger partial charge in [0.1, 0.15) is 11.2 Å². The molecule has 200 valence electrons. The van der Waals surface area contributed by atoms with Crippen LogP contribution in [0.3, 0.4) is 0 Å². The lowest BCUT2D eigenvalue weighted by atomic mass is 9.83. The average Bonchev–Trinajstić information content (AvgIpc) is 3.51. The number of fused-ring (bicyclic) bond motifs is 7. The van der Waals surface area contributed by atoms with E-state index in [1.54, 1.807) is 0 Å². The molecule has 1 aromatic heterocycles. The molecule has 1 nitrogen and oxygen atoms in total. The normalized spacial score (nSPS) is 12.7. The van der Waals surface area contributed by atoms with E-state index in [1.807, 2.05) is 54.6 Å². The molecule has 1 heteroatoms. The van der Waals surface area contributed by atoms with Crippen molar-refractivity contribution in [3.63, 3.8) is 0 Å². The summed E-state index contributed by atoms with van der Waals surface area (Å²) in [7, 11) is 0. The Morgan fingerprint density at radius 1 is 0.372 bits per heavy atom. The molecule has 0 saturated carbocycles. The first-order valence-corrected chi connectivity index (χ1v) is 14.5. The molecule has 0 bridgehead atoms. The Morgan fingerprint density at radius 2 is 0.930 bits per heavy atom. The van der Waals surface area contributed by atoms with Crippen LogP contribution in [0.4, 0.5) is 0 Å². The smallest absolute Gasteiger partial charge is 0.143 e. The quantitative estimate of drug-likeness (QED) is 0.200. The van der Waals surface area contributed by atoms with Crippen molar-refractivity contribution in [1.82, 2.24) is 0 Å². The average molecular weight is 550 g/mol. The van der Waals surface area contributed by atoms with Gasteiger partial charge < -0.3 is 4.42 Å². The maximum absolute atomic E-state index is 9.34. The van der Waals surface area contributed by atoms with Crippen LogP contribution in [0, 0.1) is 0 Å². The molecule has 0 fully saturated rings. The highest BCUT2D eigenvalue weighted by Crippen LogP contribution is 2.48. The standard InChI is InChI=1S/C42H26O/c1-2-13-27(14-3-1)29-16-6-7-18-31(29)39-32-19-8-10-21-34(32)40(35-22-11-9-20-33(35)39)38-24-12-23-36-37-26-25-28-15-4-5-17-30(28)41(37)43-42(36)38/h1-26H/i12D,23D,24D. The number of rotatable bonds is 3. The van der Waals surface area contributed by atoms with Crippen molar-refractivity contribution in [2.45, 2.75) is 0 Å². The summed E-state index contributed by atoms with van der Waals surface area (Å²) < 4.78 is 34.1. The van der Waals surface area contributed by atoms with E-state index in [1.165, 1.54) is 0 Å². The van der Waals surface area contributed by atoms with Gasteiger partial charge in [-0.25, -0.2) is 0 Å². The van der Waals surface area contributed by atoms with Crippen molar-refractivity contribution in [2.24, 2.45) is 0 Å². The largest absolute Gasteiger partial charge is 0.455 e. The minimum atomic E-state index is -0.106. The van der Waals surface area contributed by atoms with E-state index in [0.717, 1.165) is 65.5 Å². The van der Waals surface area contributed by atoms with Crippen molar-refractivity contribution >= 4 is 54.3 Å². The molecule has 0 atom stereocenters. The van der Waals surface area contributed by atoms with E-state index < -0.39 is 0 Å². The number of hydrogen-bond donors (Lipinski definition) is 0. The first-order valence-electron chi connectivity index (χ1n) is 16.0. The molecular weight excluding hydrogens is 520 g/mol. The number of furan rings is 1. The summed E-state index contributed by atoms with van der Waals surface area (Å²) in [5.74, 6) is 0. The topological polar surface area (TPSA) is 13.1 Å². The summed E-state index contributed by atoms with van der Waals surface area (Å²) in [5.41, 5.74) is 7.08. The molecule has 0 N–H and O–H groups in total. The molecular formula is C42H26O. The van der Waals surface area contributed by atoms with E-state index in [9.17, 15) is 1.37 Å². The Hall–Kier alpha value is -5.66. The van der Waals surface area contributed by atoms with Crippen LogP contribution in [-0.2, 0) is 0 Å². The van der Waals surface area contributed by atoms with Gasteiger partial charge >= 0.3 is 0 Å². The first-order chi connectivity index (χ1) is 22.6. The molecule has 0 aliphatic heterocycles. The van der Waals surface area contributed by atoms with Crippen LogP contribution >= 0.6 is 0 Å². The van der Waals surface area contributed by atoms with Crippen LogP contribution in [0.25, 0.3) is 87.6 Å². The Morgan fingerprint density at radius 3 is 1.63 bits per heavy atom. The van der Waals surface area contributed by atoms with Gasteiger partial charge in [-0.15, -0.1) is 0 Å². The summed E-state index contributed by atoms with van der Waals surface area (Å²) in [6.45, 7) is 0. The van der Waals surface area contributed by atoms with Crippen LogP contribution in [0.1, 0.15) is 4.11 Å². The zero-order valence-electron chi connectivity index (χ0n) is 26.2. The molecule has 0 amide bonds. The molecule has 9 rings (SSSR count). The molecule has 8 aromatic carbocycles. The van der Waals surface area contributed by atoms with Gasteiger partial charge in [0.2, 0.25) is 0 Å². The Balaban J connectivity index is 1.47. The van der Waals surface area contributed by atoms with Gasteiger partial charge in [0, 0.05) is 27.3 Å². The highest BCUT2D eigenvalue weighted by Gasteiger charge is 2.21. The van der Waals surface area contributed by atoms with Crippen molar-refractivity contribution < 1.29 is 8.53 Å². The first kappa shape index (κ1) is 21.1. The third kappa shape index (κ3) is 3.58. The maximum atomic E-state index is 9.34. The Labute approximate surface area is 253 Å². The molecule has 0 aliphatic carbocycles. The lowest BCUT2D eigenvalue weighted by Crippen LogP contribution is -1.92. The van der Waals surface area contributed by atoms with E-state index in [0.29, 0.717) is 22.1 Å². The van der Waals surface area contributed by atoms with Gasteiger partial charge in [-0.2, -0.15) is 0 Å². The van der Waals surface area contributed by atoms with Gasteiger partial charge in [0.15, 0.2) is 0 Å². The molecule has 0 saturated heterocycles. The van der Waals surface area contributed by atoms with Gasteiger partial charge in [0.05, 0.1) is 4.11 Å². The minimum Gasteiger partial charge on any atom is -0.455 e. The van der Waals surface area contributed by atoms with Crippen LogP contribution in [0.15, 0.2) is 162 Å². The summed E-state index contributed by atoms with van der Waals surface area (Å²) in [6.07, 6.45) is 0. The predicted octanol–water partition coefficient (Wildman–Crippen LogP) is 12.0. The number of benzene rings is 8. The second kappa shape index (κ2) is 9.44. The Kier molecular flexibility index (Phi) is 4.63. The van der Waals surface area contributed by atoms with E-state index >= 15 is 0 Å². The van der Waals surface area contributed by atoms with Gasteiger partial charge in [-0.3, -0.25) is 0 Å². The highest BCUT2D eigenvalue weighted by atomic mass is 16.3. The van der Waals surface area contributed by atoms with Crippen LogP contribution in [-0.4, -0.2) is 0 Å². The number of para-hydroxylation sites is 1. The molecule has 1 heterocycles. The second-order valence-electron chi connectivity index (χ2n) is 11.0. The monoisotopic (exact) mass is 549 g/mol.